The summed E-state index contributed by atoms with van der Waals surface area (Å²) in [5, 5.41) is 5.15. The molecule has 1 aliphatic carbocycles. The first-order valence-electron chi connectivity index (χ1n) is 4.83. The first-order chi connectivity index (χ1) is 6.86. The van der Waals surface area contributed by atoms with Crippen molar-refractivity contribution in [2.45, 2.75) is 23.9 Å². The van der Waals surface area contributed by atoms with Gasteiger partial charge in [-0.25, -0.2) is 4.98 Å². The number of hydrogen-bond donors (Lipinski definition) is 1. The van der Waals surface area contributed by atoms with E-state index in [2.05, 4.69) is 10.3 Å². The van der Waals surface area contributed by atoms with E-state index in [1.165, 1.54) is 12.8 Å². The molecule has 0 bridgehead atoms. The van der Waals surface area contributed by atoms with Crippen molar-refractivity contribution in [3.63, 3.8) is 0 Å². The first kappa shape index (κ1) is 10.3. The molecule has 0 aliphatic heterocycles. The molecule has 1 aromatic rings. The summed E-state index contributed by atoms with van der Waals surface area (Å²) < 4.78 is 0. The second kappa shape index (κ2) is 5.01. The van der Waals surface area contributed by atoms with Crippen LogP contribution in [-0.4, -0.2) is 23.3 Å². The second-order valence-corrected chi connectivity index (χ2v) is 4.86. The Labute approximate surface area is 93.4 Å². The van der Waals surface area contributed by atoms with E-state index in [9.17, 15) is 0 Å². The minimum Gasteiger partial charge on any atom is -0.313 e. The Morgan fingerprint density at radius 3 is 3.14 bits per heavy atom. The van der Waals surface area contributed by atoms with Crippen LogP contribution in [0.5, 0.6) is 0 Å². The van der Waals surface area contributed by atoms with Gasteiger partial charge in [-0.3, -0.25) is 0 Å². The summed E-state index contributed by atoms with van der Waals surface area (Å²) in [6, 6.07) is 4.52. The number of hydrogen-bond acceptors (Lipinski definition) is 3. The van der Waals surface area contributed by atoms with Crippen molar-refractivity contribution >= 4 is 23.4 Å². The largest absolute Gasteiger partial charge is 0.313 e. The van der Waals surface area contributed by atoms with Crippen LogP contribution in [0.1, 0.15) is 12.8 Å². The monoisotopic (exact) mass is 228 g/mol. The minimum atomic E-state index is 0.754. The van der Waals surface area contributed by atoms with E-state index in [0.29, 0.717) is 0 Å². The number of aromatic nitrogens is 1. The number of nitrogens with zero attached hydrogens (tertiary/aromatic N) is 1. The molecule has 14 heavy (non-hydrogen) atoms. The van der Waals surface area contributed by atoms with Gasteiger partial charge < -0.3 is 5.32 Å². The Bertz CT molecular complexity index is 302. The lowest BCUT2D eigenvalue weighted by atomic mass is 10.5. The van der Waals surface area contributed by atoms with Crippen LogP contribution in [0.3, 0.4) is 0 Å². The van der Waals surface area contributed by atoms with E-state index < -0.39 is 0 Å². The molecular weight excluding hydrogens is 216 g/mol. The summed E-state index contributed by atoms with van der Waals surface area (Å²) in [6.45, 7) is 1.04. The van der Waals surface area contributed by atoms with E-state index >= 15 is 0 Å². The Morgan fingerprint density at radius 2 is 2.43 bits per heavy atom. The van der Waals surface area contributed by atoms with Crippen molar-refractivity contribution in [2.75, 3.05) is 12.3 Å². The molecule has 76 valence electrons. The third-order valence-electron chi connectivity index (χ3n) is 2.08. The van der Waals surface area contributed by atoms with E-state index in [1.807, 2.05) is 12.1 Å². The van der Waals surface area contributed by atoms with Crippen molar-refractivity contribution in [1.82, 2.24) is 10.3 Å². The molecule has 1 saturated carbocycles. The highest BCUT2D eigenvalue weighted by molar-refractivity contribution is 7.99. The maximum absolute atomic E-state index is 5.97. The third-order valence-corrected chi connectivity index (χ3v) is 3.50. The molecule has 1 heterocycles. The van der Waals surface area contributed by atoms with Gasteiger partial charge in [-0.05, 0) is 25.0 Å². The molecule has 0 radical (unpaired) electrons. The van der Waals surface area contributed by atoms with Crippen LogP contribution < -0.4 is 5.32 Å². The first-order valence-corrected chi connectivity index (χ1v) is 6.19. The van der Waals surface area contributed by atoms with Gasteiger partial charge in [-0.15, -0.1) is 11.8 Å². The molecule has 2 nitrogen and oxygen atoms in total. The fourth-order valence-electron chi connectivity index (χ4n) is 1.18. The number of halogens is 1. The fourth-order valence-corrected chi connectivity index (χ4v) is 2.22. The topological polar surface area (TPSA) is 24.9 Å². The Balaban J connectivity index is 1.71. The van der Waals surface area contributed by atoms with Gasteiger partial charge in [0.1, 0.15) is 5.03 Å². The highest BCUT2D eigenvalue weighted by Gasteiger charge is 2.19. The zero-order valence-electron chi connectivity index (χ0n) is 7.87. The van der Waals surface area contributed by atoms with Crippen molar-refractivity contribution in [3.8, 4) is 0 Å². The van der Waals surface area contributed by atoms with Crippen molar-refractivity contribution in [3.05, 3.63) is 23.4 Å². The van der Waals surface area contributed by atoms with E-state index in [1.54, 1.807) is 18.0 Å². The van der Waals surface area contributed by atoms with Crippen LogP contribution in [-0.2, 0) is 0 Å². The van der Waals surface area contributed by atoms with Gasteiger partial charge in [0.2, 0.25) is 0 Å². The predicted octanol–water partition coefficient (Wildman–Crippen LogP) is 2.58. The molecule has 1 aliphatic rings. The van der Waals surface area contributed by atoms with Crippen LogP contribution in [0.25, 0.3) is 0 Å². The molecule has 0 atom stereocenters. The lowest BCUT2D eigenvalue weighted by Gasteiger charge is -2.03. The summed E-state index contributed by atoms with van der Waals surface area (Å²) >= 11 is 7.69. The standard InChI is InChI=1S/C10H13ClN2S/c11-9-2-1-5-13-10(9)14-7-6-12-8-3-4-8/h1-2,5,8,12H,3-4,6-7H2. The van der Waals surface area contributed by atoms with Crippen molar-refractivity contribution < 1.29 is 0 Å². The van der Waals surface area contributed by atoms with Crippen molar-refractivity contribution in [1.29, 1.82) is 0 Å². The van der Waals surface area contributed by atoms with Crippen LogP contribution in [0.4, 0.5) is 0 Å². The van der Waals surface area contributed by atoms with Crippen LogP contribution in [0, 0.1) is 0 Å². The molecule has 0 aromatic carbocycles. The molecule has 0 amide bonds. The van der Waals surface area contributed by atoms with Gasteiger partial charge in [0.05, 0.1) is 5.02 Å². The quantitative estimate of drug-likeness (QED) is 0.620. The molecule has 4 heteroatoms. The summed E-state index contributed by atoms with van der Waals surface area (Å²) in [6.07, 6.45) is 4.46. The lowest BCUT2D eigenvalue weighted by Crippen LogP contribution is -2.19. The number of pyridine rings is 1. The van der Waals surface area contributed by atoms with Gasteiger partial charge >= 0.3 is 0 Å². The lowest BCUT2D eigenvalue weighted by molar-refractivity contribution is 0.726. The summed E-state index contributed by atoms with van der Waals surface area (Å²) in [7, 11) is 0. The van der Waals surface area contributed by atoms with Crippen LogP contribution >= 0.6 is 23.4 Å². The Morgan fingerprint density at radius 1 is 1.57 bits per heavy atom. The minimum absolute atomic E-state index is 0.754. The smallest absolute Gasteiger partial charge is 0.115 e. The Hall–Kier alpha value is -0.250. The van der Waals surface area contributed by atoms with Gasteiger partial charge in [0.15, 0.2) is 0 Å². The Kier molecular flexibility index (Phi) is 3.67. The zero-order chi connectivity index (χ0) is 9.80. The summed E-state index contributed by atoms with van der Waals surface area (Å²) in [4.78, 5) is 4.21. The molecule has 0 saturated heterocycles. The number of rotatable bonds is 5. The van der Waals surface area contributed by atoms with Gasteiger partial charge in [0.25, 0.3) is 0 Å². The van der Waals surface area contributed by atoms with Crippen molar-refractivity contribution in [2.24, 2.45) is 0 Å². The van der Waals surface area contributed by atoms with Crippen LogP contribution in [0.2, 0.25) is 5.02 Å². The van der Waals surface area contributed by atoms with Gasteiger partial charge in [-0.1, -0.05) is 11.6 Å². The highest BCUT2D eigenvalue weighted by atomic mass is 35.5. The van der Waals surface area contributed by atoms with Gasteiger partial charge in [0, 0.05) is 24.5 Å². The van der Waals surface area contributed by atoms with E-state index in [4.69, 9.17) is 11.6 Å². The zero-order valence-corrected chi connectivity index (χ0v) is 9.44. The molecule has 1 fully saturated rings. The van der Waals surface area contributed by atoms with E-state index in [-0.39, 0.29) is 0 Å². The summed E-state index contributed by atoms with van der Waals surface area (Å²) in [5.74, 6) is 1.03. The molecule has 0 spiro atoms. The van der Waals surface area contributed by atoms with Crippen LogP contribution in [0.15, 0.2) is 23.4 Å². The number of nitrogens with one attached hydrogen (secondary N) is 1. The molecule has 0 unspecified atom stereocenters. The average molecular weight is 229 g/mol. The predicted molar refractivity (Wildman–Crippen MR) is 61.0 cm³/mol. The maximum atomic E-state index is 5.97. The molecule has 2 rings (SSSR count). The molecular formula is C10H13ClN2S. The second-order valence-electron chi connectivity index (χ2n) is 3.37. The average Bonchev–Trinajstić information content (AvgIpc) is 2.99. The highest BCUT2D eigenvalue weighted by Crippen LogP contribution is 2.24. The SMILES string of the molecule is Clc1cccnc1SCCNC1CC1. The fraction of sp³-hybridized carbons (Fsp3) is 0.500. The third kappa shape index (κ3) is 3.15. The molecule has 1 aromatic heterocycles. The molecule has 1 N–H and O–H groups in total. The normalized spacial score (nSPS) is 15.8. The summed E-state index contributed by atoms with van der Waals surface area (Å²) in [5.41, 5.74) is 0. The maximum Gasteiger partial charge on any atom is 0.115 e. The van der Waals surface area contributed by atoms with Gasteiger partial charge in [-0.2, -0.15) is 0 Å². The number of thioether (sulfide) groups is 1. The van der Waals surface area contributed by atoms with E-state index in [0.717, 1.165) is 28.4 Å².